The van der Waals surface area contributed by atoms with E-state index in [9.17, 15) is 0 Å². The number of rotatable bonds is 2. The third-order valence-corrected chi connectivity index (χ3v) is 8.35. The van der Waals surface area contributed by atoms with Crippen LogP contribution in [0, 0.1) is 0 Å². The first-order valence-electron chi connectivity index (χ1n) is 12.2. The molecule has 2 heterocycles. The van der Waals surface area contributed by atoms with Gasteiger partial charge >= 0.3 is 0 Å². The van der Waals surface area contributed by atoms with Gasteiger partial charge in [0.2, 0.25) is 0 Å². The standard InChI is InChI=1S/C34H20OS/c1-2-11-21(12-3-1)30-22-13-4-6-15-24(22)31(25-16-7-5-14-23(25)30)27-18-10-19-28-32(27)33-26-17-8-9-20-29(26)36-34(33)35-28/h1-20H. The summed E-state index contributed by atoms with van der Waals surface area (Å²) in [6.45, 7) is 0. The van der Waals surface area contributed by atoms with Gasteiger partial charge in [0.25, 0.3) is 0 Å². The van der Waals surface area contributed by atoms with E-state index in [0.29, 0.717) is 0 Å². The van der Waals surface area contributed by atoms with Crippen molar-refractivity contribution < 1.29 is 4.42 Å². The number of hydrogen-bond donors (Lipinski definition) is 0. The van der Waals surface area contributed by atoms with Crippen molar-refractivity contribution >= 4 is 64.2 Å². The van der Waals surface area contributed by atoms with Crippen molar-refractivity contribution in [2.24, 2.45) is 0 Å². The fourth-order valence-corrected chi connectivity index (χ4v) is 6.92. The predicted octanol–water partition coefficient (Wildman–Crippen LogP) is 10.4. The summed E-state index contributed by atoms with van der Waals surface area (Å²) in [5.74, 6) is 0. The van der Waals surface area contributed by atoms with Gasteiger partial charge in [0, 0.05) is 20.9 Å². The molecule has 0 N–H and O–H groups in total. The van der Waals surface area contributed by atoms with E-state index >= 15 is 0 Å². The topological polar surface area (TPSA) is 13.1 Å². The Balaban J connectivity index is 1.60. The lowest BCUT2D eigenvalue weighted by atomic mass is 9.85. The van der Waals surface area contributed by atoms with E-state index in [0.717, 1.165) is 10.5 Å². The second kappa shape index (κ2) is 7.55. The summed E-state index contributed by atoms with van der Waals surface area (Å²) in [5, 5.41) is 8.74. The highest BCUT2D eigenvalue weighted by atomic mass is 32.1. The van der Waals surface area contributed by atoms with Gasteiger partial charge in [0.05, 0.1) is 0 Å². The molecule has 6 aromatic carbocycles. The van der Waals surface area contributed by atoms with Crippen molar-refractivity contribution in [3.05, 3.63) is 121 Å². The van der Waals surface area contributed by atoms with Crippen molar-refractivity contribution in [3.8, 4) is 22.3 Å². The molecule has 8 aromatic rings. The summed E-state index contributed by atoms with van der Waals surface area (Å²) in [6.07, 6.45) is 0. The van der Waals surface area contributed by atoms with E-state index in [1.807, 2.05) is 0 Å². The van der Waals surface area contributed by atoms with Crippen LogP contribution in [0.3, 0.4) is 0 Å². The van der Waals surface area contributed by atoms with Crippen LogP contribution in [-0.4, -0.2) is 0 Å². The lowest BCUT2D eigenvalue weighted by molar-refractivity contribution is 0.678. The fourth-order valence-electron chi connectivity index (χ4n) is 5.85. The average Bonchev–Trinajstić information content (AvgIpc) is 3.48. The Morgan fingerprint density at radius 3 is 1.72 bits per heavy atom. The largest absolute Gasteiger partial charge is 0.445 e. The van der Waals surface area contributed by atoms with Crippen molar-refractivity contribution in [1.82, 2.24) is 0 Å². The van der Waals surface area contributed by atoms with Crippen molar-refractivity contribution in [2.45, 2.75) is 0 Å². The van der Waals surface area contributed by atoms with Gasteiger partial charge in [-0.3, -0.25) is 0 Å². The van der Waals surface area contributed by atoms with Gasteiger partial charge < -0.3 is 4.42 Å². The fraction of sp³-hybridized carbons (Fsp3) is 0. The van der Waals surface area contributed by atoms with Gasteiger partial charge in [0.1, 0.15) is 5.58 Å². The number of furan rings is 1. The first-order chi connectivity index (χ1) is 17.9. The van der Waals surface area contributed by atoms with Gasteiger partial charge in [-0.25, -0.2) is 0 Å². The Hall–Kier alpha value is -4.40. The van der Waals surface area contributed by atoms with Crippen LogP contribution in [0.5, 0.6) is 0 Å². The summed E-state index contributed by atoms with van der Waals surface area (Å²) >= 11 is 1.73. The Kier molecular flexibility index (Phi) is 4.16. The Morgan fingerprint density at radius 2 is 1.03 bits per heavy atom. The van der Waals surface area contributed by atoms with Crippen molar-refractivity contribution in [2.75, 3.05) is 0 Å². The lowest BCUT2D eigenvalue weighted by Crippen LogP contribution is -1.91. The lowest BCUT2D eigenvalue weighted by Gasteiger charge is -2.18. The van der Waals surface area contributed by atoms with Crippen LogP contribution in [0.2, 0.25) is 0 Å². The minimum atomic E-state index is 0.944. The molecule has 0 aliphatic rings. The number of hydrogen-bond acceptors (Lipinski definition) is 2. The highest BCUT2D eigenvalue weighted by Gasteiger charge is 2.21. The van der Waals surface area contributed by atoms with E-state index in [1.165, 1.54) is 64.7 Å². The highest BCUT2D eigenvalue weighted by Crippen LogP contribution is 2.49. The average molecular weight is 477 g/mol. The molecule has 8 rings (SSSR count). The minimum Gasteiger partial charge on any atom is -0.445 e. The Bertz CT molecular complexity index is 2040. The van der Waals surface area contributed by atoms with Crippen LogP contribution < -0.4 is 0 Å². The molecule has 0 spiro atoms. The maximum atomic E-state index is 6.44. The van der Waals surface area contributed by atoms with Crippen LogP contribution in [0.15, 0.2) is 126 Å². The summed E-state index contributed by atoms with van der Waals surface area (Å²) in [5.41, 5.74) is 5.96. The summed E-state index contributed by atoms with van der Waals surface area (Å²) < 4.78 is 7.70. The molecule has 0 fully saturated rings. The van der Waals surface area contributed by atoms with Gasteiger partial charge in [0.15, 0.2) is 4.90 Å². The zero-order chi connectivity index (χ0) is 23.6. The molecule has 0 atom stereocenters. The smallest absolute Gasteiger partial charge is 0.190 e. The van der Waals surface area contributed by atoms with E-state index in [1.54, 1.807) is 11.3 Å². The van der Waals surface area contributed by atoms with E-state index < -0.39 is 0 Å². The zero-order valence-electron chi connectivity index (χ0n) is 19.4. The molecule has 0 aliphatic heterocycles. The van der Waals surface area contributed by atoms with Gasteiger partial charge in [-0.2, -0.15) is 0 Å². The molecule has 0 unspecified atom stereocenters. The molecule has 0 radical (unpaired) electrons. The monoisotopic (exact) mass is 476 g/mol. The summed E-state index contributed by atoms with van der Waals surface area (Å²) in [4.78, 5) is 0.994. The van der Waals surface area contributed by atoms with Crippen LogP contribution in [0.25, 0.3) is 75.1 Å². The molecule has 168 valence electrons. The third kappa shape index (κ3) is 2.71. The SMILES string of the molecule is c1ccc(-c2c3ccccc3c(-c3cccc4oc5sc6ccccc6c5c34)c3ccccc23)cc1. The molecule has 36 heavy (non-hydrogen) atoms. The predicted molar refractivity (Wildman–Crippen MR) is 155 cm³/mol. The second-order valence-corrected chi connectivity index (χ2v) is 10.3. The first-order valence-corrected chi connectivity index (χ1v) is 13.0. The molecule has 2 heteroatoms. The highest BCUT2D eigenvalue weighted by molar-refractivity contribution is 7.25. The quantitative estimate of drug-likeness (QED) is 0.226. The number of fused-ring (bicyclic) bond motifs is 7. The number of benzene rings is 6. The van der Waals surface area contributed by atoms with Crippen molar-refractivity contribution in [1.29, 1.82) is 0 Å². The van der Waals surface area contributed by atoms with E-state index in [-0.39, 0.29) is 0 Å². The van der Waals surface area contributed by atoms with Crippen LogP contribution in [-0.2, 0) is 0 Å². The molecular weight excluding hydrogens is 456 g/mol. The Morgan fingerprint density at radius 1 is 0.444 bits per heavy atom. The zero-order valence-corrected chi connectivity index (χ0v) is 20.2. The second-order valence-electron chi connectivity index (χ2n) is 9.25. The van der Waals surface area contributed by atoms with Crippen LogP contribution in [0.1, 0.15) is 0 Å². The molecule has 0 bridgehead atoms. The molecule has 1 nitrogen and oxygen atoms in total. The summed E-state index contributed by atoms with van der Waals surface area (Å²) in [6, 6.07) is 43.5. The van der Waals surface area contributed by atoms with Gasteiger partial charge in [-0.15, -0.1) is 0 Å². The molecule has 0 amide bonds. The Labute approximate surface area is 211 Å². The maximum Gasteiger partial charge on any atom is 0.190 e. The summed E-state index contributed by atoms with van der Waals surface area (Å²) in [7, 11) is 0. The minimum absolute atomic E-state index is 0.944. The van der Waals surface area contributed by atoms with Crippen LogP contribution >= 0.6 is 11.3 Å². The normalized spacial score (nSPS) is 11.9. The maximum absolute atomic E-state index is 6.44. The third-order valence-electron chi connectivity index (χ3n) is 7.31. The molecule has 0 saturated heterocycles. The van der Waals surface area contributed by atoms with E-state index in [4.69, 9.17) is 4.42 Å². The molecule has 0 saturated carbocycles. The first kappa shape index (κ1) is 19.9. The van der Waals surface area contributed by atoms with Gasteiger partial charge in [-0.1, -0.05) is 121 Å². The van der Waals surface area contributed by atoms with Gasteiger partial charge in [-0.05, 0) is 55.9 Å². The van der Waals surface area contributed by atoms with E-state index in [2.05, 4.69) is 121 Å². The molecular formula is C34H20OS. The molecule has 0 aliphatic carbocycles. The van der Waals surface area contributed by atoms with Crippen LogP contribution in [0.4, 0.5) is 0 Å². The van der Waals surface area contributed by atoms with Crippen molar-refractivity contribution in [3.63, 3.8) is 0 Å². The molecule has 2 aromatic heterocycles. The number of thiophene rings is 1.